The first-order chi connectivity index (χ1) is 7.78. The minimum atomic E-state index is -0.201. The van der Waals surface area contributed by atoms with Gasteiger partial charge in [-0.05, 0) is 38.0 Å². The molecule has 3 fully saturated rings. The molecular weight excluding hydrogens is 240 g/mol. The predicted octanol–water partition coefficient (Wildman–Crippen LogP) is 0.925. The van der Waals surface area contributed by atoms with Gasteiger partial charge in [0.05, 0.1) is 6.10 Å². The van der Waals surface area contributed by atoms with Crippen LogP contribution in [0.2, 0.25) is 0 Å². The minimum Gasteiger partial charge on any atom is -0.364 e. The molecule has 2 saturated heterocycles. The van der Waals surface area contributed by atoms with E-state index in [1.807, 2.05) is 0 Å². The van der Waals surface area contributed by atoms with Crippen molar-refractivity contribution in [3.63, 3.8) is 0 Å². The van der Waals surface area contributed by atoms with Crippen molar-refractivity contribution in [2.75, 3.05) is 13.1 Å². The van der Waals surface area contributed by atoms with Crippen LogP contribution in [0.3, 0.4) is 0 Å². The Morgan fingerprint density at radius 3 is 2.65 bits per heavy atom. The van der Waals surface area contributed by atoms with Crippen molar-refractivity contribution in [2.45, 2.75) is 50.4 Å². The second-order valence-electron chi connectivity index (χ2n) is 5.38. The summed E-state index contributed by atoms with van der Waals surface area (Å²) in [7, 11) is 0. The number of amides is 1. The monoisotopic (exact) mass is 260 g/mol. The summed E-state index contributed by atoms with van der Waals surface area (Å²) >= 11 is 0. The molecule has 2 bridgehead atoms. The van der Waals surface area contributed by atoms with E-state index in [2.05, 4.69) is 4.90 Å². The summed E-state index contributed by atoms with van der Waals surface area (Å²) in [6, 6.07) is 0.512. The van der Waals surface area contributed by atoms with Crippen LogP contribution in [0, 0.1) is 5.92 Å². The Hall–Kier alpha value is -0.320. The highest BCUT2D eigenvalue weighted by Gasteiger charge is 2.43. The van der Waals surface area contributed by atoms with Gasteiger partial charge in [-0.25, -0.2) is 0 Å². The van der Waals surface area contributed by atoms with Crippen molar-refractivity contribution in [3.05, 3.63) is 0 Å². The number of rotatable bonds is 2. The SMILES string of the molecule is Cl.NC[C@H]1CC[C@@H](C(=O)N2CC3CCC2C3)O1. The van der Waals surface area contributed by atoms with Crippen LogP contribution in [0.4, 0.5) is 0 Å². The Morgan fingerprint density at radius 1 is 1.29 bits per heavy atom. The molecule has 2 unspecified atom stereocenters. The molecule has 3 rings (SSSR count). The first-order valence-corrected chi connectivity index (χ1v) is 6.44. The van der Waals surface area contributed by atoms with Crippen molar-refractivity contribution in [3.8, 4) is 0 Å². The molecule has 5 heteroatoms. The summed E-state index contributed by atoms with van der Waals surface area (Å²) in [5, 5.41) is 0. The molecule has 4 nitrogen and oxygen atoms in total. The fourth-order valence-corrected chi connectivity index (χ4v) is 3.44. The average Bonchev–Trinajstić information content (AvgIpc) is 3.03. The van der Waals surface area contributed by atoms with Crippen LogP contribution in [0.5, 0.6) is 0 Å². The van der Waals surface area contributed by atoms with Crippen molar-refractivity contribution >= 4 is 18.3 Å². The van der Waals surface area contributed by atoms with Gasteiger partial charge in [0.15, 0.2) is 0 Å². The van der Waals surface area contributed by atoms with Crippen LogP contribution >= 0.6 is 12.4 Å². The number of fused-ring (bicyclic) bond motifs is 2. The maximum Gasteiger partial charge on any atom is 0.251 e. The average molecular weight is 261 g/mol. The fourth-order valence-electron chi connectivity index (χ4n) is 3.44. The largest absolute Gasteiger partial charge is 0.364 e. The number of hydrogen-bond acceptors (Lipinski definition) is 3. The lowest BCUT2D eigenvalue weighted by Gasteiger charge is -2.29. The Bertz CT molecular complexity index is 300. The molecule has 98 valence electrons. The highest BCUT2D eigenvalue weighted by molar-refractivity contribution is 5.85. The van der Waals surface area contributed by atoms with Crippen molar-refractivity contribution in [2.24, 2.45) is 11.7 Å². The highest BCUT2D eigenvalue weighted by Crippen LogP contribution is 2.38. The second-order valence-corrected chi connectivity index (χ2v) is 5.38. The normalized spacial score (nSPS) is 39.5. The Morgan fingerprint density at radius 2 is 2.12 bits per heavy atom. The van der Waals surface area contributed by atoms with Gasteiger partial charge in [0.1, 0.15) is 6.10 Å². The summed E-state index contributed by atoms with van der Waals surface area (Å²) in [4.78, 5) is 14.3. The standard InChI is InChI=1S/C12H20N2O2.ClH/c13-6-10-3-4-11(16-10)12(15)14-7-8-1-2-9(14)5-8;/h8-11H,1-7,13H2;1H/t8?,9?,10-,11+;/m1./s1. The first kappa shape index (κ1) is 13.1. The third kappa shape index (κ3) is 2.30. The van der Waals surface area contributed by atoms with E-state index in [4.69, 9.17) is 10.5 Å². The minimum absolute atomic E-state index is 0. The molecule has 4 atom stereocenters. The number of ether oxygens (including phenoxy) is 1. The van der Waals surface area contributed by atoms with E-state index in [1.165, 1.54) is 19.3 Å². The molecule has 2 heterocycles. The van der Waals surface area contributed by atoms with E-state index in [0.29, 0.717) is 12.6 Å². The number of piperidine rings is 1. The molecule has 17 heavy (non-hydrogen) atoms. The van der Waals surface area contributed by atoms with Crippen molar-refractivity contribution in [1.29, 1.82) is 0 Å². The number of nitrogens with two attached hydrogens (primary N) is 1. The maximum atomic E-state index is 12.3. The molecule has 1 amide bonds. The van der Waals surface area contributed by atoms with Crippen molar-refractivity contribution in [1.82, 2.24) is 4.90 Å². The molecule has 0 radical (unpaired) electrons. The molecule has 0 aromatic carbocycles. The number of carbonyl (C=O) groups excluding carboxylic acids is 1. The lowest BCUT2D eigenvalue weighted by molar-refractivity contribution is -0.144. The third-order valence-corrected chi connectivity index (χ3v) is 4.34. The number of hydrogen-bond donors (Lipinski definition) is 1. The van der Waals surface area contributed by atoms with Gasteiger partial charge < -0.3 is 15.4 Å². The fraction of sp³-hybridized carbons (Fsp3) is 0.917. The molecule has 1 saturated carbocycles. The van der Waals surface area contributed by atoms with Gasteiger partial charge in [-0.15, -0.1) is 12.4 Å². The van der Waals surface area contributed by atoms with Crippen molar-refractivity contribution < 1.29 is 9.53 Å². The lowest BCUT2D eigenvalue weighted by Crippen LogP contribution is -2.43. The molecular formula is C12H21ClN2O2. The van der Waals surface area contributed by atoms with E-state index >= 15 is 0 Å². The summed E-state index contributed by atoms with van der Waals surface area (Å²) in [5.74, 6) is 0.990. The summed E-state index contributed by atoms with van der Waals surface area (Å²) < 4.78 is 5.68. The van der Waals surface area contributed by atoms with Crippen LogP contribution in [0.25, 0.3) is 0 Å². The van der Waals surface area contributed by atoms with Gasteiger partial charge in [-0.3, -0.25) is 4.79 Å². The highest BCUT2D eigenvalue weighted by atomic mass is 35.5. The third-order valence-electron chi connectivity index (χ3n) is 4.34. The molecule has 0 aromatic rings. The number of carbonyl (C=O) groups is 1. The Labute approximate surface area is 108 Å². The molecule has 3 aliphatic rings. The van der Waals surface area contributed by atoms with Crippen LogP contribution in [0.1, 0.15) is 32.1 Å². The topological polar surface area (TPSA) is 55.6 Å². The van der Waals surface area contributed by atoms with Crippen LogP contribution in [-0.4, -0.2) is 42.1 Å². The van der Waals surface area contributed by atoms with Gasteiger partial charge in [0.2, 0.25) is 0 Å². The smallest absolute Gasteiger partial charge is 0.251 e. The van der Waals surface area contributed by atoms with E-state index in [1.54, 1.807) is 0 Å². The summed E-state index contributed by atoms with van der Waals surface area (Å²) in [6.07, 6.45) is 5.43. The zero-order chi connectivity index (χ0) is 11.1. The number of nitrogens with zero attached hydrogens (tertiary/aromatic N) is 1. The van der Waals surface area contributed by atoms with Gasteiger partial charge in [0.25, 0.3) is 5.91 Å². The van der Waals surface area contributed by atoms with E-state index < -0.39 is 0 Å². The zero-order valence-corrected chi connectivity index (χ0v) is 10.8. The van der Waals surface area contributed by atoms with Gasteiger partial charge in [-0.1, -0.05) is 0 Å². The Balaban J connectivity index is 0.00000108. The van der Waals surface area contributed by atoms with Gasteiger partial charge in [-0.2, -0.15) is 0 Å². The van der Waals surface area contributed by atoms with E-state index in [-0.39, 0.29) is 30.5 Å². The molecule has 2 N–H and O–H groups in total. The van der Waals surface area contributed by atoms with E-state index in [9.17, 15) is 4.79 Å². The van der Waals surface area contributed by atoms with Crippen LogP contribution in [-0.2, 0) is 9.53 Å². The molecule has 0 spiro atoms. The first-order valence-electron chi connectivity index (χ1n) is 6.44. The number of halogens is 1. The zero-order valence-electron chi connectivity index (χ0n) is 10.0. The maximum absolute atomic E-state index is 12.3. The lowest BCUT2D eigenvalue weighted by atomic mass is 10.1. The quantitative estimate of drug-likeness (QED) is 0.804. The predicted molar refractivity (Wildman–Crippen MR) is 67.0 cm³/mol. The molecule has 1 aliphatic carbocycles. The second kappa shape index (κ2) is 5.12. The molecule has 2 aliphatic heterocycles. The van der Waals surface area contributed by atoms with Gasteiger partial charge in [0, 0.05) is 19.1 Å². The van der Waals surface area contributed by atoms with Crippen LogP contribution in [0.15, 0.2) is 0 Å². The Kier molecular flexibility index (Phi) is 3.95. The summed E-state index contributed by atoms with van der Waals surface area (Å²) in [6.45, 7) is 1.51. The van der Waals surface area contributed by atoms with Gasteiger partial charge >= 0.3 is 0 Å². The van der Waals surface area contributed by atoms with Crippen LogP contribution < -0.4 is 5.73 Å². The van der Waals surface area contributed by atoms with E-state index in [0.717, 1.165) is 25.3 Å². The number of likely N-dealkylation sites (tertiary alicyclic amines) is 1. The summed E-state index contributed by atoms with van der Waals surface area (Å²) in [5.41, 5.74) is 5.56. The molecule has 0 aromatic heterocycles.